The number of halogens is 1. The number of carbonyl (C=O) groups is 2. The highest BCUT2D eigenvalue weighted by Gasteiger charge is 2.50. The van der Waals surface area contributed by atoms with E-state index in [1.165, 1.54) is 12.1 Å². The summed E-state index contributed by atoms with van der Waals surface area (Å²) in [7, 11) is 0. The third-order valence-corrected chi connectivity index (χ3v) is 6.30. The van der Waals surface area contributed by atoms with Crippen molar-refractivity contribution in [1.82, 2.24) is 15.2 Å². The van der Waals surface area contributed by atoms with Crippen molar-refractivity contribution in [1.29, 1.82) is 0 Å². The maximum atomic E-state index is 13.8. The third-order valence-electron chi connectivity index (χ3n) is 6.30. The van der Waals surface area contributed by atoms with Crippen molar-refractivity contribution in [3.63, 3.8) is 0 Å². The number of nitrogens with one attached hydrogen (secondary N) is 1. The largest absolute Gasteiger partial charge is 0.354 e. The lowest BCUT2D eigenvalue weighted by Crippen LogP contribution is -2.60. The van der Waals surface area contributed by atoms with Gasteiger partial charge in [-0.15, -0.1) is 0 Å². The molecule has 6 heteroatoms. The van der Waals surface area contributed by atoms with Gasteiger partial charge in [0.05, 0.1) is 16.8 Å². The molecule has 3 heterocycles. The van der Waals surface area contributed by atoms with Crippen LogP contribution in [-0.2, 0) is 4.79 Å². The number of para-hydroxylation sites is 1. The van der Waals surface area contributed by atoms with Gasteiger partial charge in [0.15, 0.2) is 0 Å². The van der Waals surface area contributed by atoms with Crippen LogP contribution in [0, 0.1) is 5.82 Å². The Morgan fingerprint density at radius 1 is 1.07 bits per heavy atom. The number of benzene rings is 2. The van der Waals surface area contributed by atoms with Crippen LogP contribution in [0.3, 0.4) is 0 Å². The highest BCUT2D eigenvalue weighted by atomic mass is 19.1. The molecule has 2 saturated heterocycles. The minimum absolute atomic E-state index is 0.0447. The van der Waals surface area contributed by atoms with E-state index in [2.05, 4.69) is 5.32 Å². The lowest BCUT2D eigenvalue weighted by atomic mass is 9.86. The quantitative estimate of drug-likeness (QED) is 0.705. The molecule has 0 aliphatic carbocycles. The van der Waals surface area contributed by atoms with Gasteiger partial charge in [-0.05, 0) is 62.1 Å². The first-order valence-electron chi connectivity index (χ1n) is 10.3. The fraction of sp³-hybridized carbons (Fsp3) is 0.292. The average molecular weight is 403 g/mol. The molecule has 30 heavy (non-hydrogen) atoms. The van der Waals surface area contributed by atoms with Crippen LogP contribution < -0.4 is 5.32 Å². The first-order chi connectivity index (χ1) is 14.6. The minimum Gasteiger partial charge on any atom is -0.354 e. The van der Waals surface area contributed by atoms with E-state index < -0.39 is 5.54 Å². The lowest BCUT2D eigenvalue weighted by molar-refractivity contribution is -0.133. The number of hydrogen-bond acceptors (Lipinski definition) is 3. The van der Waals surface area contributed by atoms with E-state index in [1.54, 1.807) is 23.1 Å². The van der Waals surface area contributed by atoms with E-state index >= 15 is 0 Å². The van der Waals surface area contributed by atoms with Crippen molar-refractivity contribution in [3.8, 4) is 11.3 Å². The van der Waals surface area contributed by atoms with Crippen molar-refractivity contribution in [3.05, 3.63) is 66.0 Å². The molecule has 0 radical (unpaired) electrons. The highest BCUT2D eigenvalue weighted by Crippen LogP contribution is 2.38. The smallest absolute Gasteiger partial charge is 0.255 e. The van der Waals surface area contributed by atoms with Gasteiger partial charge in [0.1, 0.15) is 11.4 Å². The monoisotopic (exact) mass is 403 g/mol. The SMILES string of the molecule is O=C(c1cc(-c2ccc(F)cc2)nc2ccccc12)N1CCCC12CCCNC2=O. The summed E-state index contributed by atoms with van der Waals surface area (Å²) in [6.45, 7) is 1.23. The van der Waals surface area contributed by atoms with Crippen LogP contribution in [0.5, 0.6) is 0 Å². The zero-order valence-electron chi connectivity index (χ0n) is 16.5. The van der Waals surface area contributed by atoms with Gasteiger partial charge in [0.2, 0.25) is 5.91 Å². The molecule has 152 valence electrons. The maximum Gasteiger partial charge on any atom is 0.255 e. The first-order valence-corrected chi connectivity index (χ1v) is 10.3. The van der Waals surface area contributed by atoms with Crippen LogP contribution in [0.4, 0.5) is 4.39 Å². The van der Waals surface area contributed by atoms with Crippen LogP contribution in [0.1, 0.15) is 36.0 Å². The second kappa shape index (κ2) is 7.20. The maximum absolute atomic E-state index is 13.8. The first kappa shape index (κ1) is 18.7. The van der Waals surface area contributed by atoms with Crippen molar-refractivity contribution >= 4 is 22.7 Å². The number of piperidine rings is 1. The van der Waals surface area contributed by atoms with Crippen LogP contribution >= 0.6 is 0 Å². The Morgan fingerprint density at radius 2 is 1.83 bits per heavy atom. The average Bonchev–Trinajstić information content (AvgIpc) is 3.19. The Balaban J connectivity index is 1.63. The highest BCUT2D eigenvalue weighted by molar-refractivity contribution is 6.09. The van der Waals surface area contributed by atoms with Crippen molar-refractivity contribution < 1.29 is 14.0 Å². The molecular formula is C24H22FN3O2. The summed E-state index contributed by atoms with van der Waals surface area (Å²) in [4.78, 5) is 33.0. The molecule has 5 rings (SSSR count). The second-order valence-electron chi connectivity index (χ2n) is 8.03. The number of hydrogen-bond donors (Lipinski definition) is 1. The van der Waals surface area contributed by atoms with Crippen LogP contribution in [-0.4, -0.2) is 40.3 Å². The molecule has 5 nitrogen and oxygen atoms in total. The van der Waals surface area contributed by atoms with Crippen molar-refractivity contribution in [2.75, 3.05) is 13.1 Å². The molecule has 2 aliphatic heterocycles. The molecule has 2 fully saturated rings. The number of nitrogens with zero attached hydrogens (tertiary/aromatic N) is 2. The second-order valence-corrected chi connectivity index (χ2v) is 8.03. The molecule has 3 aromatic rings. The van der Waals surface area contributed by atoms with Gasteiger partial charge in [-0.2, -0.15) is 0 Å². The van der Waals surface area contributed by atoms with Crippen LogP contribution in [0.15, 0.2) is 54.6 Å². The summed E-state index contributed by atoms with van der Waals surface area (Å²) in [6, 6.07) is 15.4. The lowest BCUT2D eigenvalue weighted by Gasteiger charge is -2.40. The zero-order valence-corrected chi connectivity index (χ0v) is 16.5. The van der Waals surface area contributed by atoms with Gasteiger partial charge < -0.3 is 10.2 Å². The molecular weight excluding hydrogens is 381 g/mol. The predicted molar refractivity (Wildman–Crippen MR) is 112 cm³/mol. The summed E-state index contributed by atoms with van der Waals surface area (Å²) in [5.41, 5.74) is 1.82. The molecule has 1 unspecified atom stereocenters. The molecule has 1 atom stereocenters. The standard InChI is InChI=1S/C24H22FN3O2/c25-17-9-7-16(8-10-17)21-15-19(18-5-1-2-6-20(18)27-21)22(29)28-14-4-12-24(28)11-3-13-26-23(24)30/h1-2,5-10,15H,3-4,11-14H2,(H,26,30). The molecule has 1 aromatic heterocycles. The number of amides is 2. The fourth-order valence-corrected chi connectivity index (χ4v) is 4.80. The number of aromatic nitrogens is 1. The molecule has 2 aliphatic rings. The van der Waals surface area contributed by atoms with Gasteiger partial charge in [-0.1, -0.05) is 18.2 Å². The van der Waals surface area contributed by atoms with Gasteiger partial charge in [0.25, 0.3) is 5.91 Å². The van der Waals surface area contributed by atoms with E-state index in [-0.39, 0.29) is 17.6 Å². The molecule has 2 aromatic carbocycles. The normalized spacial score (nSPS) is 21.2. The van der Waals surface area contributed by atoms with E-state index in [1.807, 2.05) is 24.3 Å². The van der Waals surface area contributed by atoms with Crippen LogP contribution in [0.25, 0.3) is 22.2 Å². The third kappa shape index (κ3) is 2.95. The predicted octanol–water partition coefficient (Wildman–Crippen LogP) is 3.93. The molecule has 1 spiro atoms. The van der Waals surface area contributed by atoms with Crippen molar-refractivity contribution in [2.24, 2.45) is 0 Å². The topological polar surface area (TPSA) is 62.3 Å². The zero-order chi connectivity index (χ0) is 20.7. The number of carbonyl (C=O) groups excluding carboxylic acids is 2. The summed E-state index contributed by atoms with van der Waals surface area (Å²) in [5, 5.41) is 3.71. The Hall–Kier alpha value is -3.28. The molecule has 2 amide bonds. The van der Waals surface area contributed by atoms with Gasteiger partial charge in [-0.25, -0.2) is 9.37 Å². The Morgan fingerprint density at radius 3 is 2.63 bits per heavy atom. The van der Waals surface area contributed by atoms with E-state index in [9.17, 15) is 14.0 Å². The Labute approximate surface area is 173 Å². The number of likely N-dealkylation sites (tertiary alicyclic amines) is 1. The van der Waals surface area contributed by atoms with Gasteiger partial charge in [0, 0.05) is 24.0 Å². The number of pyridine rings is 1. The number of fused-ring (bicyclic) bond motifs is 1. The van der Waals surface area contributed by atoms with Gasteiger partial charge >= 0.3 is 0 Å². The van der Waals surface area contributed by atoms with Gasteiger partial charge in [-0.3, -0.25) is 9.59 Å². The van der Waals surface area contributed by atoms with E-state index in [0.29, 0.717) is 42.7 Å². The fourth-order valence-electron chi connectivity index (χ4n) is 4.80. The summed E-state index contributed by atoms with van der Waals surface area (Å²) >= 11 is 0. The minimum atomic E-state index is -0.754. The molecule has 0 saturated carbocycles. The Kier molecular flexibility index (Phi) is 4.50. The Bertz CT molecular complexity index is 1140. The summed E-state index contributed by atoms with van der Waals surface area (Å²) in [5.74, 6) is -0.513. The molecule has 1 N–H and O–H groups in total. The number of rotatable bonds is 2. The summed E-state index contributed by atoms with van der Waals surface area (Å²) in [6.07, 6.45) is 3.07. The van der Waals surface area contributed by atoms with Crippen molar-refractivity contribution in [2.45, 2.75) is 31.2 Å². The summed E-state index contributed by atoms with van der Waals surface area (Å²) < 4.78 is 13.4. The molecule has 0 bridgehead atoms. The van der Waals surface area contributed by atoms with Crippen LogP contribution in [0.2, 0.25) is 0 Å². The van der Waals surface area contributed by atoms with E-state index in [4.69, 9.17) is 4.98 Å². The van der Waals surface area contributed by atoms with E-state index in [0.717, 1.165) is 23.8 Å².